The molecular formula is C9H9BrO4S. The van der Waals surface area contributed by atoms with Gasteiger partial charge in [-0.15, -0.1) is 0 Å². The fourth-order valence-corrected chi connectivity index (χ4v) is 2.33. The zero-order valence-electron chi connectivity index (χ0n) is 7.90. The molecule has 0 aliphatic heterocycles. The van der Waals surface area contributed by atoms with Crippen LogP contribution < -0.4 is 0 Å². The van der Waals surface area contributed by atoms with E-state index in [9.17, 15) is 13.2 Å². The van der Waals surface area contributed by atoms with Gasteiger partial charge in [0.25, 0.3) is 0 Å². The van der Waals surface area contributed by atoms with E-state index in [1.165, 1.54) is 12.1 Å². The van der Waals surface area contributed by atoms with Crippen molar-refractivity contribution in [3.8, 4) is 0 Å². The Morgan fingerprint density at radius 3 is 2.53 bits per heavy atom. The van der Waals surface area contributed by atoms with Crippen LogP contribution in [0.4, 0.5) is 0 Å². The Labute approximate surface area is 96.0 Å². The first kappa shape index (κ1) is 12.2. The largest absolute Gasteiger partial charge is 0.478 e. The second-order valence-corrected chi connectivity index (χ2v) is 6.18. The van der Waals surface area contributed by atoms with Crippen molar-refractivity contribution in [3.63, 3.8) is 0 Å². The SMILES string of the molecule is CS(=O)(=O)Cc1ccc(Br)c(C(=O)O)c1. The van der Waals surface area contributed by atoms with Crippen LogP contribution in [0.3, 0.4) is 0 Å². The number of halogens is 1. The van der Waals surface area contributed by atoms with E-state index in [4.69, 9.17) is 5.11 Å². The Bertz CT molecular complexity index is 493. The highest BCUT2D eigenvalue weighted by atomic mass is 79.9. The molecule has 0 radical (unpaired) electrons. The number of carbonyl (C=O) groups is 1. The van der Waals surface area contributed by atoms with Crippen molar-refractivity contribution in [3.05, 3.63) is 33.8 Å². The van der Waals surface area contributed by atoms with Gasteiger partial charge in [-0.1, -0.05) is 6.07 Å². The molecule has 0 unspecified atom stereocenters. The molecule has 15 heavy (non-hydrogen) atoms. The Kier molecular flexibility index (Phi) is 3.51. The van der Waals surface area contributed by atoms with Gasteiger partial charge in [-0.25, -0.2) is 13.2 Å². The first-order valence-corrected chi connectivity index (χ1v) is 6.84. The number of hydrogen-bond donors (Lipinski definition) is 1. The molecule has 0 fully saturated rings. The van der Waals surface area contributed by atoms with Crippen molar-refractivity contribution in [1.29, 1.82) is 0 Å². The van der Waals surface area contributed by atoms with Gasteiger partial charge >= 0.3 is 5.97 Å². The lowest BCUT2D eigenvalue weighted by atomic mass is 10.1. The second kappa shape index (κ2) is 4.32. The van der Waals surface area contributed by atoms with Gasteiger partial charge in [0, 0.05) is 10.7 Å². The molecule has 0 amide bonds. The van der Waals surface area contributed by atoms with E-state index in [0.717, 1.165) is 6.26 Å². The van der Waals surface area contributed by atoms with Crippen molar-refractivity contribution in [2.24, 2.45) is 0 Å². The van der Waals surface area contributed by atoms with Crippen molar-refractivity contribution in [2.45, 2.75) is 5.75 Å². The average molecular weight is 293 g/mol. The van der Waals surface area contributed by atoms with Crippen molar-refractivity contribution >= 4 is 31.7 Å². The summed E-state index contributed by atoms with van der Waals surface area (Å²) in [5.74, 6) is -1.24. The quantitative estimate of drug-likeness (QED) is 0.920. The maximum absolute atomic E-state index is 11.0. The fourth-order valence-electron chi connectivity index (χ4n) is 1.13. The molecule has 0 aliphatic rings. The molecule has 0 saturated heterocycles. The summed E-state index contributed by atoms with van der Waals surface area (Å²) in [6, 6.07) is 4.47. The van der Waals surface area contributed by atoms with Gasteiger partial charge in [0.05, 0.1) is 11.3 Å². The molecule has 0 aromatic heterocycles. The van der Waals surface area contributed by atoms with Crippen molar-refractivity contribution in [1.82, 2.24) is 0 Å². The van der Waals surface area contributed by atoms with Crippen LogP contribution >= 0.6 is 15.9 Å². The Morgan fingerprint density at radius 2 is 2.07 bits per heavy atom. The third kappa shape index (κ3) is 3.64. The molecule has 1 aromatic rings. The molecule has 0 aliphatic carbocycles. The maximum atomic E-state index is 11.0. The van der Waals surface area contributed by atoms with Gasteiger partial charge < -0.3 is 5.11 Å². The number of sulfone groups is 1. The molecule has 4 nitrogen and oxygen atoms in total. The Balaban J connectivity index is 3.14. The summed E-state index contributed by atoms with van der Waals surface area (Å²) >= 11 is 3.08. The van der Waals surface area contributed by atoms with Gasteiger partial charge in [-0.2, -0.15) is 0 Å². The minimum atomic E-state index is -3.14. The highest BCUT2D eigenvalue weighted by molar-refractivity contribution is 9.10. The van der Waals surface area contributed by atoms with Crippen LogP contribution in [0, 0.1) is 0 Å². The minimum Gasteiger partial charge on any atom is -0.478 e. The van der Waals surface area contributed by atoms with E-state index in [1.807, 2.05) is 0 Å². The predicted octanol–water partition coefficient (Wildman–Crippen LogP) is 1.69. The molecule has 6 heteroatoms. The van der Waals surface area contributed by atoms with Crippen LogP contribution in [-0.2, 0) is 15.6 Å². The summed E-state index contributed by atoms with van der Waals surface area (Å²) in [4.78, 5) is 10.8. The predicted molar refractivity (Wildman–Crippen MR) is 59.6 cm³/mol. The lowest BCUT2D eigenvalue weighted by molar-refractivity contribution is 0.0695. The molecule has 0 spiro atoms. The van der Waals surface area contributed by atoms with Crippen molar-refractivity contribution in [2.75, 3.05) is 6.26 Å². The zero-order valence-corrected chi connectivity index (χ0v) is 10.3. The molecule has 0 atom stereocenters. The number of carboxylic acids is 1. The summed E-state index contributed by atoms with van der Waals surface area (Å²) in [5, 5.41) is 8.81. The Hall–Kier alpha value is -0.880. The van der Waals surface area contributed by atoms with Gasteiger partial charge in [0.15, 0.2) is 9.84 Å². The Morgan fingerprint density at radius 1 is 1.47 bits per heavy atom. The normalized spacial score (nSPS) is 11.3. The van der Waals surface area contributed by atoms with Gasteiger partial charge in [0.2, 0.25) is 0 Å². The molecular weight excluding hydrogens is 284 g/mol. The lowest BCUT2D eigenvalue weighted by Gasteiger charge is -2.03. The smallest absolute Gasteiger partial charge is 0.336 e. The van der Waals surface area contributed by atoms with E-state index in [1.54, 1.807) is 6.07 Å². The maximum Gasteiger partial charge on any atom is 0.336 e. The van der Waals surface area contributed by atoms with Gasteiger partial charge in [0.1, 0.15) is 0 Å². The van der Waals surface area contributed by atoms with Crippen LogP contribution in [0.15, 0.2) is 22.7 Å². The lowest BCUT2D eigenvalue weighted by Crippen LogP contribution is -2.04. The van der Waals surface area contributed by atoms with E-state index in [0.29, 0.717) is 10.0 Å². The summed E-state index contributed by atoms with van der Waals surface area (Å²) in [7, 11) is -3.14. The van der Waals surface area contributed by atoms with Crippen LogP contribution in [-0.4, -0.2) is 25.7 Å². The second-order valence-electron chi connectivity index (χ2n) is 3.19. The molecule has 1 N–H and O–H groups in total. The highest BCUT2D eigenvalue weighted by Crippen LogP contribution is 2.19. The topological polar surface area (TPSA) is 71.4 Å². The zero-order chi connectivity index (χ0) is 11.6. The van der Waals surface area contributed by atoms with E-state index in [2.05, 4.69) is 15.9 Å². The van der Waals surface area contributed by atoms with E-state index in [-0.39, 0.29) is 11.3 Å². The summed E-state index contributed by atoms with van der Waals surface area (Å²) in [6.07, 6.45) is 1.11. The first-order valence-electron chi connectivity index (χ1n) is 3.99. The van der Waals surface area contributed by atoms with Gasteiger partial charge in [-0.3, -0.25) is 0 Å². The first-order chi connectivity index (χ1) is 6.79. The fraction of sp³-hybridized carbons (Fsp3) is 0.222. The van der Waals surface area contributed by atoms with Crippen molar-refractivity contribution < 1.29 is 18.3 Å². The summed E-state index contributed by atoms with van der Waals surface area (Å²) in [6.45, 7) is 0. The monoisotopic (exact) mass is 292 g/mol. The number of rotatable bonds is 3. The van der Waals surface area contributed by atoms with Crippen LogP contribution in [0.25, 0.3) is 0 Å². The third-order valence-electron chi connectivity index (χ3n) is 1.69. The molecule has 82 valence electrons. The van der Waals surface area contributed by atoms with E-state index < -0.39 is 15.8 Å². The third-order valence-corrected chi connectivity index (χ3v) is 3.24. The number of benzene rings is 1. The minimum absolute atomic E-state index is 0.0659. The highest BCUT2D eigenvalue weighted by Gasteiger charge is 2.11. The summed E-state index contributed by atoms with van der Waals surface area (Å²) in [5.41, 5.74) is 0.536. The van der Waals surface area contributed by atoms with Crippen LogP contribution in [0.2, 0.25) is 0 Å². The molecule has 0 bridgehead atoms. The van der Waals surface area contributed by atoms with Crippen LogP contribution in [0.5, 0.6) is 0 Å². The number of carboxylic acid groups (broad SMARTS) is 1. The number of aromatic carboxylic acids is 1. The van der Waals surface area contributed by atoms with Crippen LogP contribution in [0.1, 0.15) is 15.9 Å². The number of hydrogen-bond acceptors (Lipinski definition) is 3. The standard InChI is InChI=1S/C9H9BrO4S/c1-15(13,14)5-6-2-3-8(10)7(4-6)9(11)12/h2-4H,5H2,1H3,(H,11,12). The van der Waals surface area contributed by atoms with E-state index >= 15 is 0 Å². The molecule has 0 heterocycles. The molecule has 0 saturated carbocycles. The molecule has 1 rings (SSSR count). The average Bonchev–Trinajstić information content (AvgIpc) is 2.05. The summed E-state index contributed by atoms with van der Waals surface area (Å²) < 4.78 is 22.5. The van der Waals surface area contributed by atoms with Gasteiger partial charge in [-0.05, 0) is 33.6 Å². The molecule has 1 aromatic carbocycles.